The van der Waals surface area contributed by atoms with E-state index in [1.54, 1.807) is 6.26 Å². The quantitative estimate of drug-likeness (QED) is 0.530. The second-order valence-electron chi connectivity index (χ2n) is 1.61. The highest BCUT2D eigenvalue weighted by Crippen LogP contribution is 1.99. The Kier molecular flexibility index (Phi) is 14.4. The van der Waals surface area contributed by atoms with Gasteiger partial charge in [0, 0.05) is 0 Å². The maximum atomic E-state index is 5.02. The molecule has 0 unspecified atom stereocenters. The summed E-state index contributed by atoms with van der Waals surface area (Å²) in [5, 5.41) is 0. The lowest BCUT2D eigenvalue weighted by molar-refractivity contribution is 0.354. The van der Waals surface area contributed by atoms with Gasteiger partial charge in [0.25, 0.3) is 0 Å². The van der Waals surface area contributed by atoms with Gasteiger partial charge in [-0.2, -0.15) is 0 Å². The van der Waals surface area contributed by atoms with Crippen LogP contribution in [-0.2, 0) is 4.74 Å². The number of ether oxygens (including phenoxy) is 1. The second kappa shape index (κ2) is 12.7. The van der Waals surface area contributed by atoms with Crippen molar-refractivity contribution in [3.63, 3.8) is 0 Å². The topological polar surface area (TPSA) is 9.23 Å². The Morgan fingerprint density at radius 1 is 0.917 bits per heavy atom. The van der Waals surface area contributed by atoms with E-state index in [9.17, 15) is 0 Å². The fraction of sp³-hybridized carbons (Fsp3) is 0.455. The van der Waals surface area contributed by atoms with Crippen LogP contribution in [0.1, 0.15) is 34.6 Å². The van der Waals surface area contributed by atoms with E-state index in [2.05, 4.69) is 0 Å². The van der Waals surface area contributed by atoms with Crippen LogP contribution in [-0.4, -0.2) is 0 Å². The maximum Gasteiger partial charge on any atom is 0.100 e. The zero-order chi connectivity index (χ0) is 9.82. The van der Waals surface area contributed by atoms with Gasteiger partial charge in [0.15, 0.2) is 0 Å². The molecule has 1 rings (SSSR count). The number of allylic oxidation sites excluding steroid dienone is 5. The van der Waals surface area contributed by atoms with E-state index in [1.807, 2.05) is 58.9 Å². The van der Waals surface area contributed by atoms with Crippen molar-refractivity contribution in [2.45, 2.75) is 34.6 Å². The van der Waals surface area contributed by atoms with E-state index in [1.165, 1.54) is 0 Å². The van der Waals surface area contributed by atoms with Gasteiger partial charge in [-0.05, 0) is 19.1 Å². The highest BCUT2D eigenvalue weighted by Gasteiger charge is 1.82. The van der Waals surface area contributed by atoms with Crippen molar-refractivity contribution in [1.29, 1.82) is 0 Å². The number of hydrogen-bond donors (Lipinski definition) is 0. The molecule has 1 nitrogen and oxygen atoms in total. The first-order valence-corrected chi connectivity index (χ1v) is 4.56. The van der Waals surface area contributed by atoms with Gasteiger partial charge in [-0.15, -0.1) is 0 Å². The maximum absolute atomic E-state index is 5.02. The molecule has 0 radical (unpaired) electrons. The molecular weight excluding hydrogens is 148 g/mol. The SMILES string of the molecule is CC.CC.CC1=CC=CC=CO1. The third kappa shape index (κ3) is 9.02. The highest BCUT2D eigenvalue weighted by molar-refractivity contribution is 5.15. The molecule has 0 aliphatic carbocycles. The Balaban J connectivity index is 0. The average molecular weight is 168 g/mol. The molecule has 1 aliphatic heterocycles. The molecule has 0 fully saturated rings. The van der Waals surface area contributed by atoms with E-state index in [0.29, 0.717) is 0 Å². The third-order valence-electron chi connectivity index (χ3n) is 0.886. The van der Waals surface area contributed by atoms with Gasteiger partial charge in [-0.1, -0.05) is 39.8 Å². The first kappa shape index (κ1) is 13.6. The Morgan fingerprint density at radius 3 is 2.08 bits per heavy atom. The molecular formula is C11H20O. The summed E-state index contributed by atoms with van der Waals surface area (Å²) >= 11 is 0. The van der Waals surface area contributed by atoms with Gasteiger partial charge < -0.3 is 4.74 Å². The molecule has 1 aliphatic rings. The summed E-state index contributed by atoms with van der Waals surface area (Å²) < 4.78 is 5.02. The zero-order valence-electron chi connectivity index (χ0n) is 8.79. The van der Waals surface area contributed by atoms with Crippen LogP contribution in [0.5, 0.6) is 0 Å². The van der Waals surface area contributed by atoms with E-state index >= 15 is 0 Å². The second-order valence-corrected chi connectivity index (χ2v) is 1.61. The lowest BCUT2D eigenvalue weighted by Crippen LogP contribution is -1.72. The van der Waals surface area contributed by atoms with Gasteiger partial charge in [-0.25, -0.2) is 0 Å². The minimum Gasteiger partial charge on any atom is -0.470 e. The van der Waals surface area contributed by atoms with Gasteiger partial charge in [0.1, 0.15) is 5.76 Å². The summed E-state index contributed by atoms with van der Waals surface area (Å²) in [7, 11) is 0. The van der Waals surface area contributed by atoms with Crippen LogP contribution < -0.4 is 0 Å². The molecule has 0 N–H and O–H groups in total. The van der Waals surface area contributed by atoms with Crippen LogP contribution in [0, 0.1) is 0 Å². The van der Waals surface area contributed by atoms with Crippen molar-refractivity contribution >= 4 is 0 Å². The fourth-order valence-electron chi connectivity index (χ4n) is 0.486. The molecule has 1 heteroatoms. The van der Waals surface area contributed by atoms with Gasteiger partial charge in [0.2, 0.25) is 0 Å². The number of rotatable bonds is 0. The predicted molar refractivity (Wildman–Crippen MR) is 55.8 cm³/mol. The number of hydrogen-bond acceptors (Lipinski definition) is 1. The van der Waals surface area contributed by atoms with Crippen molar-refractivity contribution < 1.29 is 4.74 Å². The average Bonchev–Trinajstić information content (AvgIpc) is 2.40. The largest absolute Gasteiger partial charge is 0.470 e. The standard InChI is InChI=1S/C7H8O.2C2H6/c1-7-5-3-2-4-6-8-7;2*1-2/h2-6H,1H3;2*1-2H3. The molecule has 0 aromatic rings. The Bertz CT molecular complexity index is 152. The molecule has 0 aromatic heterocycles. The molecule has 1 heterocycles. The summed E-state index contributed by atoms with van der Waals surface area (Å²) in [5.74, 6) is 0.926. The molecule has 0 bridgehead atoms. The minimum absolute atomic E-state index is 0.926. The summed E-state index contributed by atoms with van der Waals surface area (Å²) in [6.07, 6.45) is 9.30. The summed E-state index contributed by atoms with van der Waals surface area (Å²) in [5.41, 5.74) is 0. The van der Waals surface area contributed by atoms with E-state index < -0.39 is 0 Å². The van der Waals surface area contributed by atoms with Crippen molar-refractivity contribution in [3.8, 4) is 0 Å². The first-order chi connectivity index (χ1) is 5.89. The van der Waals surface area contributed by atoms with E-state index in [4.69, 9.17) is 4.74 Å². The first-order valence-electron chi connectivity index (χ1n) is 4.56. The van der Waals surface area contributed by atoms with Crippen molar-refractivity contribution in [3.05, 3.63) is 36.3 Å². The van der Waals surface area contributed by atoms with Gasteiger partial charge in [-0.3, -0.25) is 0 Å². The van der Waals surface area contributed by atoms with Crippen molar-refractivity contribution in [2.75, 3.05) is 0 Å². The van der Waals surface area contributed by atoms with E-state index in [0.717, 1.165) is 5.76 Å². The molecule has 0 saturated heterocycles. The molecule has 70 valence electrons. The summed E-state index contributed by atoms with van der Waals surface area (Å²) in [6, 6.07) is 0. The summed E-state index contributed by atoms with van der Waals surface area (Å²) in [4.78, 5) is 0. The van der Waals surface area contributed by atoms with Gasteiger partial charge in [0.05, 0.1) is 6.26 Å². The molecule has 0 aromatic carbocycles. The Labute approximate surface area is 76.4 Å². The predicted octanol–water partition coefficient (Wildman–Crippen LogP) is 4.04. The van der Waals surface area contributed by atoms with Crippen LogP contribution in [0.25, 0.3) is 0 Å². The van der Waals surface area contributed by atoms with Crippen LogP contribution in [0.2, 0.25) is 0 Å². The minimum atomic E-state index is 0.926. The molecule has 12 heavy (non-hydrogen) atoms. The van der Waals surface area contributed by atoms with Crippen molar-refractivity contribution in [2.24, 2.45) is 0 Å². The molecule has 0 saturated carbocycles. The zero-order valence-corrected chi connectivity index (χ0v) is 8.79. The van der Waals surface area contributed by atoms with E-state index in [-0.39, 0.29) is 0 Å². The van der Waals surface area contributed by atoms with Crippen molar-refractivity contribution in [1.82, 2.24) is 0 Å². The molecule has 0 amide bonds. The van der Waals surface area contributed by atoms with Crippen LogP contribution >= 0.6 is 0 Å². The smallest absolute Gasteiger partial charge is 0.100 e. The molecule has 0 spiro atoms. The third-order valence-corrected chi connectivity index (χ3v) is 0.886. The fourth-order valence-corrected chi connectivity index (χ4v) is 0.486. The summed E-state index contributed by atoms with van der Waals surface area (Å²) in [6.45, 7) is 9.92. The lowest BCUT2D eigenvalue weighted by atomic mass is 10.4. The molecule has 0 atom stereocenters. The van der Waals surface area contributed by atoms with Crippen LogP contribution in [0.4, 0.5) is 0 Å². The Hall–Kier alpha value is -0.980. The van der Waals surface area contributed by atoms with Gasteiger partial charge >= 0.3 is 0 Å². The highest BCUT2D eigenvalue weighted by atomic mass is 16.5. The van der Waals surface area contributed by atoms with Crippen LogP contribution in [0.3, 0.4) is 0 Å². The van der Waals surface area contributed by atoms with Crippen LogP contribution in [0.15, 0.2) is 36.3 Å². The normalized spacial score (nSPS) is 12.2. The monoisotopic (exact) mass is 168 g/mol. The lowest BCUT2D eigenvalue weighted by Gasteiger charge is -1.92. The Morgan fingerprint density at radius 2 is 1.50 bits per heavy atom.